The Bertz CT molecular complexity index is 391. The number of hydrogen-bond acceptors (Lipinski definition) is 3. The molecule has 2 heterocycles. The molecule has 1 aromatic carbocycles. The average molecular weight is 220 g/mol. The molecule has 2 saturated heterocycles. The maximum absolute atomic E-state index is 6.01. The molecule has 0 saturated carbocycles. The molecule has 3 rings (SSSR count). The first-order chi connectivity index (χ1) is 7.61. The van der Waals surface area contributed by atoms with Crippen molar-refractivity contribution in [2.75, 3.05) is 13.2 Å². The highest BCUT2D eigenvalue weighted by atomic mass is 16.8. The second-order valence-corrected chi connectivity index (χ2v) is 4.95. The summed E-state index contributed by atoms with van der Waals surface area (Å²) in [6.07, 6.45) is -0.0406. The maximum atomic E-state index is 6.01. The van der Waals surface area contributed by atoms with Crippen LogP contribution in [0.1, 0.15) is 25.5 Å². The number of fused-ring (bicyclic) bond motifs is 2. The van der Waals surface area contributed by atoms with Crippen LogP contribution in [0.5, 0.6) is 0 Å². The van der Waals surface area contributed by atoms with Crippen LogP contribution < -0.4 is 0 Å². The van der Waals surface area contributed by atoms with E-state index in [1.165, 1.54) is 0 Å². The lowest BCUT2D eigenvalue weighted by molar-refractivity contribution is -0.248. The minimum atomic E-state index is -0.590. The smallest absolute Gasteiger partial charge is 0.190 e. The van der Waals surface area contributed by atoms with Gasteiger partial charge in [0.1, 0.15) is 18.3 Å². The second kappa shape index (κ2) is 3.29. The predicted octanol–water partition coefficient (Wildman–Crippen LogP) is 2.28. The summed E-state index contributed by atoms with van der Waals surface area (Å²) in [5.41, 5.74) is 0.785. The quantitative estimate of drug-likeness (QED) is 0.726. The molecule has 3 atom stereocenters. The van der Waals surface area contributed by atoms with Gasteiger partial charge < -0.3 is 14.2 Å². The average Bonchev–Trinajstić information content (AvgIpc) is 2.45. The summed E-state index contributed by atoms with van der Waals surface area (Å²) < 4.78 is 17.6. The van der Waals surface area contributed by atoms with E-state index in [1.807, 2.05) is 25.1 Å². The third-order valence-corrected chi connectivity index (χ3v) is 3.23. The summed E-state index contributed by atoms with van der Waals surface area (Å²) in [5.74, 6) is -0.590. The van der Waals surface area contributed by atoms with Gasteiger partial charge >= 0.3 is 0 Å². The van der Waals surface area contributed by atoms with Crippen molar-refractivity contribution < 1.29 is 14.2 Å². The molecule has 1 aromatic rings. The van der Waals surface area contributed by atoms with E-state index < -0.39 is 5.79 Å². The lowest BCUT2D eigenvalue weighted by atomic mass is 9.94. The molecule has 0 unspecified atom stereocenters. The largest absolute Gasteiger partial charge is 0.373 e. The molecule has 3 heteroatoms. The molecule has 2 bridgehead atoms. The van der Waals surface area contributed by atoms with E-state index in [1.54, 1.807) is 0 Å². The van der Waals surface area contributed by atoms with E-state index in [2.05, 4.69) is 19.1 Å². The van der Waals surface area contributed by atoms with Crippen LogP contribution in [-0.2, 0) is 14.2 Å². The minimum absolute atomic E-state index is 0.0406. The Morgan fingerprint density at radius 1 is 1.12 bits per heavy atom. The Labute approximate surface area is 95.3 Å². The van der Waals surface area contributed by atoms with Gasteiger partial charge in [-0.2, -0.15) is 0 Å². The van der Waals surface area contributed by atoms with E-state index in [-0.39, 0.29) is 11.7 Å². The molecule has 0 spiro atoms. The van der Waals surface area contributed by atoms with Gasteiger partial charge in [0.05, 0.1) is 6.61 Å². The Balaban J connectivity index is 1.98. The molecule has 16 heavy (non-hydrogen) atoms. The summed E-state index contributed by atoms with van der Waals surface area (Å²) in [6.45, 7) is 5.08. The predicted molar refractivity (Wildman–Crippen MR) is 59.0 cm³/mol. The third-order valence-electron chi connectivity index (χ3n) is 3.23. The van der Waals surface area contributed by atoms with E-state index in [4.69, 9.17) is 14.2 Å². The van der Waals surface area contributed by atoms with E-state index in [0.717, 1.165) is 5.56 Å². The molecule has 3 nitrogen and oxygen atoms in total. The lowest BCUT2D eigenvalue weighted by Crippen LogP contribution is -2.45. The monoisotopic (exact) mass is 220 g/mol. The Morgan fingerprint density at radius 3 is 2.56 bits per heavy atom. The molecule has 0 amide bonds. The van der Waals surface area contributed by atoms with Crippen LogP contribution in [0, 0.1) is 0 Å². The maximum Gasteiger partial charge on any atom is 0.190 e. The SMILES string of the molecule is C[C@]12COC[C@](C)(O1)[C@@H](c1ccccc1)O2. The summed E-state index contributed by atoms with van der Waals surface area (Å²) in [5, 5.41) is 0. The van der Waals surface area contributed by atoms with Crippen LogP contribution in [0.3, 0.4) is 0 Å². The van der Waals surface area contributed by atoms with Crippen LogP contribution in [-0.4, -0.2) is 24.6 Å². The molecule has 0 N–H and O–H groups in total. The molecule has 0 aromatic heterocycles. The van der Waals surface area contributed by atoms with Crippen molar-refractivity contribution in [3.63, 3.8) is 0 Å². The van der Waals surface area contributed by atoms with Gasteiger partial charge in [-0.15, -0.1) is 0 Å². The number of hydrogen-bond donors (Lipinski definition) is 0. The van der Waals surface area contributed by atoms with Gasteiger partial charge in [-0.1, -0.05) is 30.3 Å². The highest BCUT2D eigenvalue weighted by molar-refractivity contribution is 5.22. The van der Waals surface area contributed by atoms with Crippen molar-refractivity contribution in [1.82, 2.24) is 0 Å². The van der Waals surface area contributed by atoms with Crippen LogP contribution in [0.25, 0.3) is 0 Å². The molecule has 86 valence electrons. The molecule has 2 aliphatic heterocycles. The first kappa shape index (κ1) is 10.3. The third kappa shape index (κ3) is 1.47. The van der Waals surface area contributed by atoms with Crippen LogP contribution in [0.2, 0.25) is 0 Å². The normalized spacial score (nSPS) is 42.2. The zero-order valence-electron chi connectivity index (χ0n) is 9.60. The second-order valence-electron chi connectivity index (χ2n) is 4.95. The van der Waals surface area contributed by atoms with Gasteiger partial charge in [-0.05, 0) is 19.4 Å². The van der Waals surface area contributed by atoms with Crippen molar-refractivity contribution >= 4 is 0 Å². The molecule has 2 aliphatic rings. The topological polar surface area (TPSA) is 27.7 Å². The van der Waals surface area contributed by atoms with Crippen molar-refractivity contribution in [2.24, 2.45) is 0 Å². The fraction of sp³-hybridized carbons (Fsp3) is 0.538. The number of rotatable bonds is 1. The summed E-state index contributed by atoms with van der Waals surface area (Å²) in [4.78, 5) is 0. The Hall–Kier alpha value is -0.900. The fourth-order valence-corrected chi connectivity index (χ4v) is 2.60. The van der Waals surface area contributed by atoms with E-state index >= 15 is 0 Å². The fourth-order valence-electron chi connectivity index (χ4n) is 2.60. The first-order valence-electron chi connectivity index (χ1n) is 5.62. The van der Waals surface area contributed by atoms with Gasteiger partial charge in [0.15, 0.2) is 5.79 Å². The van der Waals surface area contributed by atoms with Gasteiger partial charge in [0, 0.05) is 0 Å². The molecular weight excluding hydrogens is 204 g/mol. The van der Waals surface area contributed by atoms with Crippen LogP contribution >= 0.6 is 0 Å². The van der Waals surface area contributed by atoms with E-state index in [9.17, 15) is 0 Å². The van der Waals surface area contributed by atoms with Crippen molar-refractivity contribution in [3.05, 3.63) is 35.9 Å². The summed E-state index contributed by atoms with van der Waals surface area (Å²) >= 11 is 0. The van der Waals surface area contributed by atoms with Crippen LogP contribution in [0.15, 0.2) is 30.3 Å². The highest BCUT2D eigenvalue weighted by Crippen LogP contribution is 2.48. The number of benzene rings is 1. The molecule has 0 radical (unpaired) electrons. The summed E-state index contributed by atoms with van der Waals surface area (Å²) in [6, 6.07) is 10.2. The Morgan fingerprint density at radius 2 is 1.88 bits per heavy atom. The summed E-state index contributed by atoms with van der Waals surface area (Å²) in [7, 11) is 0. The standard InChI is InChI=1S/C13H16O3/c1-12-8-14-9-13(2,16-12)15-11(12)10-6-4-3-5-7-10/h3-7,11H,8-9H2,1-2H3/t11-,12+,13-/m1/s1. The zero-order chi connectivity index (χ0) is 11.2. The minimum Gasteiger partial charge on any atom is -0.373 e. The van der Waals surface area contributed by atoms with Gasteiger partial charge in [0.25, 0.3) is 0 Å². The van der Waals surface area contributed by atoms with E-state index in [0.29, 0.717) is 13.2 Å². The van der Waals surface area contributed by atoms with Gasteiger partial charge in [-0.25, -0.2) is 0 Å². The molecular formula is C13H16O3. The zero-order valence-corrected chi connectivity index (χ0v) is 9.60. The highest BCUT2D eigenvalue weighted by Gasteiger charge is 2.56. The number of ether oxygens (including phenoxy) is 3. The molecule has 2 fully saturated rings. The lowest BCUT2D eigenvalue weighted by Gasteiger charge is -2.34. The first-order valence-corrected chi connectivity index (χ1v) is 5.62. The molecule has 0 aliphatic carbocycles. The van der Waals surface area contributed by atoms with Gasteiger partial charge in [0.2, 0.25) is 0 Å². The van der Waals surface area contributed by atoms with Crippen molar-refractivity contribution in [3.8, 4) is 0 Å². The van der Waals surface area contributed by atoms with Gasteiger partial charge in [-0.3, -0.25) is 0 Å². The Kier molecular flexibility index (Phi) is 2.11. The van der Waals surface area contributed by atoms with Crippen molar-refractivity contribution in [2.45, 2.75) is 31.3 Å². The van der Waals surface area contributed by atoms with Crippen molar-refractivity contribution in [1.29, 1.82) is 0 Å². The van der Waals surface area contributed by atoms with Crippen LogP contribution in [0.4, 0.5) is 0 Å².